The highest BCUT2D eigenvalue weighted by molar-refractivity contribution is 6.42. The number of nitrogens with zero attached hydrogens (tertiary/aromatic N) is 1. The zero-order chi connectivity index (χ0) is 13.9. The predicted molar refractivity (Wildman–Crippen MR) is 75.0 cm³/mol. The van der Waals surface area contributed by atoms with Gasteiger partial charge < -0.3 is 14.7 Å². The van der Waals surface area contributed by atoms with Gasteiger partial charge in [-0.2, -0.15) is 0 Å². The third-order valence-electron chi connectivity index (χ3n) is 2.85. The van der Waals surface area contributed by atoms with Crippen molar-refractivity contribution >= 4 is 35.5 Å². The topological polar surface area (TPSA) is 51.1 Å². The normalized spacial score (nSPS) is 19.2. The van der Waals surface area contributed by atoms with Crippen molar-refractivity contribution in [2.75, 3.05) is 13.2 Å². The van der Waals surface area contributed by atoms with Crippen molar-refractivity contribution in [1.29, 1.82) is 0 Å². The summed E-state index contributed by atoms with van der Waals surface area (Å²) in [5.74, 6) is -0.947. The van der Waals surface area contributed by atoms with Crippen LogP contribution in [0.4, 0.5) is 0 Å². The first-order valence-corrected chi connectivity index (χ1v) is 6.44. The number of benzene rings is 1. The Morgan fingerprint density at radius 1 is 1.37 bits per heavy atom. The molecule has 1 fully saturated rings. The first kappa shape index (κ1) is 14.3. The summed E-state index contributed by atoms with van der Waals surface area (Å²) in [7, 11) is 0. The van der Waals surface area contributed by atoms with Gasteiger partial charge in [-0.15, -0.1) is 0 Å². The zero-order valence-electron chi connectivity index (χ0n) is 10.3. The van der Waals surface area contributed by atoms with E-state index in [0.29, 0.717) is 34.4 Å². The summed E-state index contributed by atoms with van der Waals surface area (Å²) in [4.78, 5) is 0. The molecule has 1 saturated heterocycles. The molecule has 1 heterocycles. The van der Waals surface area contributed by atoms with Crippen LogP contribution in [0.25, 0.3) is 6.08 Å². The van der Waals surface area contributed by atoms with Gasteiger partial charge in [0.25, 0.3) is 0 Å². The van der Waals surface area contributed by atoms with Gasteiger partial charge in [0.15, 0.2) is 5.79 Å². The van der Waals surface area contributed by atoms with E-state index >= 15 is 0 Å². The number of hydrogen-bond donors (Lipinski definition) is 1. The Morgan fingerprint density at radius 3 is 2.68 bits per heavy atom. The van der Waals surface area contributed by atoms with Crippen LogP contribution in [0.15, 0.2) is 28.9 Å². The number of ether oxygens (including phenoxy) is 2. The van der Waals surface area contributed by atoms with Crippen molar-refractivity contribution in [2.45, 2.75) is 12.7 Å². The molecule has 0 atom stereocenters. The van der Waals surface area contributed by atoms with E-state index in [2.05, 4.69) is 5.16 Å². The molecule has 1 N–H and O–H groups in total. The summed E-state index contributed by atoms with van der Waals surface area (Å²) in [6.07, 6.45) is 2.99. The maximum absolute atomic E-state index is 8.77. The Labute approximate surface area is 121 Å². The number of hydrogen-bond acceptors (Lipinski definition) is 4. The molecule has 0 amide bonds. The highest BCUT2D eigenvalue weighted by Gasteiger charge is 2.34. The number of halogens is 2. The van der Waals surface area contributed by atoms with Crippen molar-refractivity contribution in [1.82, 2.24) is 0 Å². The zero-order valence-corrected chi connectivity index (χ0v) is 11.8. The minimum atomic E-state index is -0.947. The van der Waals surface area contributed by atoms with Gasteiger partial charge in [0.2, 0.25) is 0 Å². The fraction of sp³-hybridized carbons (Fsp3) is 0.308. The summed E-state index contributed by atoms with van der Waals surface area (Å²) in [5.41, 5.74) is 1.25. The van der Waals surface area contributed by atoms with Crippen LogP contribution in [0.3, 0.4) is 0 Å². The van der Waals surface area contributed by atoms with Crippen LogP contribution in [-0.4, -0.2) is 30.4 Å². The molecule has 0 aliphatic carbocycles. The van der Waals surface area contributed by atoms with Crippen molar-refractivity contribution < 1.29 is 14.7 Å². The fourth-order valence-electron chi connectivity index (χ4n) is 1.83. The van der Waals surface area contributed by atoms with Gasteiger partial charge in [0.05, 0.1) is 29.5 Å². The minimum absolute atomic E-state index is 0.426. The molecule has 102 valence electrons. The third kappa shape index (κ3) is 3.09. The molecule has 1 aliphatic heterocycles. The van der Waals surface area contributed by atoms with Gasteiger partial charge in [-0.3, -0.25) is 0 Å². The summed E-state index contributed by atoms with van der Waals surface area (Å²) in [6.45, 7) is 2.72. The average molecular weight is 302 g/mol. The van der Waals surface area contributed by atoms with E-state index in [1.54, 1.807) is 31.2 Å². The number of oxime groups is 1. The summed E-state index contributed by atoms with van der Waals surface area (Å²) >= 11 is 12.1. The van der Waals surface area contributed by atoms with E-state index in [1.165, 1.54) is 6.21 Å². The third-order valence-corrected chi connectivity index (χ3v) is 3.69. The van der Waals surface area contributed by atoms with Crippen LogP contribution in [0.2, 0.25) is 10.0 Å². The van der Waals surface area contributed by atoms with Crippen LogP contribution in [0.1, 0.15) is 12.5 Å². The maximum atomic E-state index is 8.77. The van der Waals surface area contributed by atoms with E-state index in [4.69, 9.17) is 37.9 Å². The quantitative estimate of drug-likeness (QED) is 0.527. The monoisotopic (exact) mass is 301 g/mol. The highest BCUT2D eigenvalue weighted by atomic mass is 35.5. The smallest absolute Gasteiger partial charge is 0.193 e. The molecule has 1 aromatic rings. The lowest BCUT2D eigenvalue weighted by Gasteiger charge is -2.23. The molecule has 1 aliphatic rings. The SMILES string of the molecule is CC1(C(/C=N/O)=C/c2cccc(Cl)c2Cl)OCCO1. The lowest BCUT2D eigenvalue weighted by molar-refractivity contribution is -0.104. The van der Waals surface area contributed by atoms with Crippen LogP contribution >= 0.6 is 23.2 Å². The summed E-state index contributed by atoms with van der Waals surface area (Å²) in [6, 6.07) is 5.29. The first-order valence-electron chi connectivity index (χ1n) is 5.68. The molecule has 6 heteroatoms. The van der Waals surface area contributed by atoms with Gasteiger partial charge >= 0.3 is 0 Å². The van der Waals surface area contributed by atoms with E-state index < -0.39 is 5.79 Å². The second-order valence-electron chi connectivity index (χ2n) is 4.13. The van der Waals surface area contributed by atoms with Gasteiger partial charge in [-0.1, -0.05) is 40.5 Å². The molecule has 0 unspecified atom stereocenters. The van der Waals surface area contributed by atoms with Gasteiger partial charge in [-0.25, -0.2) is 0 Å². The summed E-state index contributed by atoms with van der Waals surface area (Å²) < 4.78 is 11.1. The van der Waals surface area contributed by atoms with E-state index in [0.717, 1.165) is 0 Å². The highest BCUT2D eigenvalue weighted by Crippen LogP contribution is 2.32. The van der Waals surface area contributed by atoms with Gasteiger partial charge in [0.1, 0.15) is 0 Å². The Hall–Kier alpha value is -1.07. The van der Waals surface area contributed by atoms with Crippen molar-refractivity contribution in [3.8, 4) is 0 Å². The largest absolute Gasteiger partial charge is 0.411 e. The van der Waals surface area contributed by atoms with Crippen molar-refractivity contribution in [3.63, 3.8) is 0 Å². The van der Waals surface area contributed by atoms with Crippen molar-refractivity contribution in [2.24, 2.45) is 5.16 Å². The van der Waals surface area contributed by atoms with Crippen LogP contribution in [0, 0.1) is 0 Å². The molecule has 0 spiro atoms. The van der Waals surface area contributed by atoms with Crippen LogP contribution in [-0.2, 0) is 9.47 Å². The fourth-order valence-corrected chi connectivity index (χ4v) is 2.19. The lowest BCUT2D eigenvalue weighted by Crippen LogP contribution is -2.29. The molecule has 2 rings (SSSR count). The molecule has 19 heavy (non-hydrogen) atoms. The molecule has 1 aromatic carbocycles. The van der Waals surface area contributed by atoms with E-state index in [1.807, 2.05) is 0 Å². The molecule has 4 nitrogen and oxygen atoms in total. The van der Waals surface area contributed by atoms with Crippen LogP contribution < -0.4 is 0 Å². The second-order valence-corrected chi connectivity index (χ2v) is 4.92. The molecule has 0 saturated carbocycles. The Morgan fingerprint density at radius 2 is 2.05 bits per heavy atom. The van der Waals surface area contributed by atoms with Gasteiger partial charge in [0, 0.05) is 5.57 Å². The number of rotatable bonds is 3. The van der Waals surface area contributed by atoms with Crippen molar-refractivity contribution in [3.05, 3.63) is 39.4 Å². The average Bonchev–Trinajstić information content (AvgIpc) is 2.82. The minimum Gasteiger partial charge on any atom is -0.411 e. The van der Waals surface area contributed by atoms with Gasteiger partial charge in [-0.05, 0) is 24.6 Å². The standard InChI is InChI=1S/C13H13Cl2NO3/c1-13(18-5-6-19-13)10(8-16-17)7-9-3-2-4-11(14)12(9)15/h2-4,7-8,17H,5-6H2,1H3/b10-7+,16-8+. The molecule has 0 aromatic heterocycles. The Kier molecular flexibility index (Phi) is 4.47. The van der Waals surface area contributed by atoms with Crippen LogP contribution in [0.5, 0.6) is 0 Å². The lowest BCUT2D eigenvalue weighted by atomic mass is 10.0. The molecule has 0 bridgehead atoms. The predicted octanol–water partition coefficient (Wildman–Crippen LogP) is 3.60. The Balaban J connectivity index is 2.44. The molecule has 0 radical (unpaired) electrons. The molecular formula is C13H13Cl2NO3. The Bertz CT molecular complexity index is 523. The summed E-state index contributed by atoms with van der Waals surface area (Å²) in [5, 5.41) is 12.7. The first-order chi connectivity index (χ1) is 9.07. The maximum Gasteiger partial charge on any atom is 0.193 e. The molecular weight excluding hydrogens is 289 g/mol. The van der Waals surface area contributed by atoms with E-state index in [-0.39, 0.29) is 0 Å². The second kappa shape index (κ2) is 5.92. The van der Waals surface area contributed by atoms with E-state index in [9.17, 15) is 0 Å².